The molecule has 2 N–H and O–H groups in total. The van der Waals surface area contributed by atoms with Gasteiger partial charge in [0.2, 0.25) is 0 Å². The highest BCUT2D eigenvalue weighted by molar-refractivity contribution is 5.55. The molecule has 31 heavy (non-hydrogen) atoms. The molecular weight excluding hydrogens is 403 g/mol. The topological polar surface area (TPSA) is 41.7 Å². The second kappa shape index (κ2) is 14.6. The Morgan fingerprint density at radius 3 is 1.81 bits per heavy atom. The van der Waals surface area contributed by atoms with Gasteiger partial charge in [-0.15, -0.1) is 13.2 Å². The lowest BCUT2D eigenvalue weighted by Gasteiger charge is -2.46. The summed E-state index contributed by atoms with van der Waals surface area (Å²) in [6, 6.07) is 14.5. The summed E-state index contributed by atoms with van der Waals surface area (Å²) in [5, 5.41) is 0. The quantitative estimate of drug-likeness (QED) is 0.579. The number of anilines is 2. The molecule has 0 saturated carbocycles. The Morgan fingerprint density at radius 1 is 0.903 bits per heavy atom. The van der Waals surface area contributed by atoms with Gasteiger partial charge < -0.3 is 20.3 Å². The Balaban J connectivity index is 0.00000138. The van der Waals surface area contributed by atoms with Crippen molar-refractivity contribution in [3.05, 3.63) is 54.1 Å². The summed E-state index contributed by atoms with van der Waals surface area (Å²) in [6.45, 7) is 14.2. The van der Waals surface area contributed by atoms with Crippen molar-refractivity contribution in [2.75, 3.05) is 29.9 Å². The van der Waals surface area contributed by atoms with Crippen molar-refractivity contribution in [3.63, 3.8) is 0 Å². The zero-order chi connectivity index (χ0) is 24.0. The van der Waals surface area contributed by atoms with E-state index < -0.39 is 6.36 Å². The predicted octanol–water partition coefficient (Wildman–Crippen LogP) is 6.45. The number of rotatable bonds is 5. The Morgan fingerprint density at radius 2 is 1.39 bits per heavy atom. The molecule has 1 saturated heterocycles. The number of benzene rings is 2. The molecule has 176 valence electrons. The van der Waals surface area contributed by atoms with Gasteiger partial charge in [-0.1, -0.05) is 53.7 Å². The largest absolute Gasteiger partial charge is 0.573 e. The molecule has 0 unspecified atom stereocenters. The van der Waals surface area contributed by atoms with E-state index in [-0.39, 0.29) is 5.75 Å². The van der Waals surface area contributed by atoms with E-state index in [4.69, 9.17) is 5.73 Å². The fraction of sp³-hybridized carbons (Fsp3) is 0.500. The van der Waals surface area contributed by atoms with E-state index in [1.54, 1.807) is 12.1 Å². The fourth-order valence-corrected chi connectivity index (χ4v) is 2.85. The van der Waals surface area contributed by atoms with E-state index in [1.165, 1.54) is 12.1 Å². The summed E-state index contributed by atoms with van der Waals surface area (Å²) in [5.41, 5.74) is 8.71. The minimum Gasteiger partial charge on any atom is -0.406 e. The summed E-state index contributed by atoms with van der Waals surface area (Å²) in [6.07, 6.45) is -4.66. The first-order valence-electron chi connectivity index (χ1n) is 11.0. The van der Waals surface area contributed by atoms with Crippen LogP contribution in [-0.4, -0.2) is 32.5 Å². The number of nitrogens with zero attached hydrogens (tertiary/aromatic N) is 2. The third-order valence-corrected chi connectivity index (χ3v) is 4.42. The molecule has 1 aliphatic rings. The van der Waals surface area contributed by atoms with Crippen LogP contribution >= 0.6 is 0 Å². The lowest BCUT2D eigenvalue weighted by Crippen LogP contribution is -2.58. The van der Waals surface area contributed by atoms with E-state index >= 15 is 0 Å². The van der Waals surface area contributed by atoms with Crippen LogP contribution in [0.5, 0.6) is 5.75 Å². The summed E-state index contributed by atoms with van der Waals surface area (Å²) in [4.78, 5) is 4.32. The van der Waals surface area contributed by atoms with E-state index in [0.717, 1.165) is 30.0 Å². The van der Waals surface area contributed by atoms with E-state index in [9.17, 15) is 13.2 Å². The summed E-state index contributed by atoms with van der Waals surface area (Å²) >= 11 is 0. The molecule has 1 heterocycles. The lowest BCUT2D eigenvalue weighted by molar-refractivity contribution is -0.274. The van der Waals surface area contributed by atoms with Crippen molar-refractivity contribution in [3.8, 4) is 5.75 Å². The van der Waals surface area contributed by atoms with Crippen molar-refractivity contribution in [1.82, 2.24) is 0 Å². The molecule has 0 atom stereocenters. The Kier molecular flexibility index (Phi) is 13.4. The Bertz CT molecular complexity index is 698. The first kappa shape index (κ1) is 28.6. The van der Waals surface area contributed by atoms with Gasteiger partial charge in [0, 0.05) is 38.1 Å². The minimum absolute atomic E-state index is 0.203. The van der Waals surface area contributed by atoms with Crippen LogP contribution in [0, 0.1) is 0 Å². The number of nitrogens with two attached hydrogens (primary N) is 1. The average molecular weight is 442 g/mol. The van der Waals surface area contributed by atoms with Crippen molar-refractivity contribution in [2.45, 2.75) is 60.5 Å². The van der Waals surface area contributed by atoms with Crippen molar-refractivity contribution in [2.24, 2.45) is 5.73 Å². The summed E-state index contributed by atoms with van der Waals surface area (Å²) in [5.74, 6) is -0.203. The van der Waals surface area contributed by atoms with Crippen molar-refractivity contribution >= 4 is 11.4 Å². The first-order chi connectivity index (χ1) is 14.9. The van der Waals surface area contributed by atoms with Crippen LogP contribution in [-0.2, 0) is 6.54 Å². The monoisotopic (exact) mass is 441 g/mol. The molecule has 1 fully saturated rings. The molecule has 2 aromatic rings. The second-order valence-corrected chi connectivity index (χ2v) is 6.08. The number of ether oxygens (including phenoxy) is 1. The normalized spacial score (nSPS) is 12.7. The molecule has 0 aliphatic carbocycles. The van der Waals surface area contributed by atoms with Crippen LogP contribution in [0.15, 0.2) is 48.5 Å². The van der Waals surface area contributed by atoms with Crippen LogP contribution in [0.2, 0.25) is 0 Å². The van der Waals surface area contributed by atoms with Gasteiger partial charge in [0.05, 0.1) is 6.04 Å². The van der Waals surface area contributed by atoms with Crippen molar-refractivity contribution < 1.29 is 17.9 Å². The van der Waals surface area contributed by atoms with Crippen LogP contribution in [0.4, 0.5) is 24.5 Å². The van der Waals surface area contributed by atoms with Gasteiger partial charge in [-0.3, -0.25) is 0 Å². The highest BCUT2D eigenvalue weighted by atomic mass is 19.4. The molecule has 3 rings (SSSR count). The molecule has 0 spiro atoms. The Hall–Kier alpha value is -2.41. The zero-order valence-electron chi connectivity index (χ0n) is 19.8. The van der Waals surface area contributed by atoms with Gasteiger partial charge in [-0.25, -0.2) is 0 Å². The highest BCUT2D eigenvalue weighted by Crippen LogP contribution is 2.29. The van der Waals surface area contributed by atoms with Crippen molar-refractivity contribution in [1.29, 1.82) is 0 Å². The number of likely N-dealkylation sites (N-methyl/N-ethyl adjacent to an activating group) is 1. The summed E-state index contributed by atoms with van der Waals surface area (Å²) in [7, 11) is 2.04. The van der Waals surface area contributed by atoms with E-state index in [1.807, 2.05) is 72.9 Å². The second-order valence-electron chi connectivity index (χ2n) is 6.08. The SMILES string of the molecule is CC.CC.CC.CN(c1ccc(CN)cc1)C1CN(c2ccc(OC(F)(F)F)cc2)C1. The molecule has 2 aromatic carbocycles. The van der Waals surface area contributed by atoms with Gasteiger partial charge >= 0.3 is 6.36 Å². The standard InChI is InChI=1S/C18H20F3N3O.3C2H6/c1-23(14-4-2-13(10-22)3-5-14)16-11-24(12-16)15-6-8-17(9-7-15)25-18(19,20)21;3*1-2/h2-9,16H,10-12,22H2,1H3;3*1-2H3. The maximum atomic E-state index is 12.2. The van der Waals surface area contributed by atoms with E-state index in [2.05, 4.69) is 14.5 Å². The molecule has 7 heteroatoms. The van der Waals surface area contributed by atoms with Gasteiger partial charge in [0.1, 0.15) is 5.75 Å². The maximum Gasteiger partial charge on any atom is 0.573 e. The average Bonchev–Trinajstić information content (AvgIpc) is 2.77. The molecule has 0 amide bonds. The van der Waals surface area contributed by atoms with Crippen LogP contribution in [0.3, 0.4) is 0 Å². The molecule has 1 aliphatic heterocycles. The van der Waals surface area contributed by atoms with Gasteiger partial charge in [0.15, 0.2) is 0 Å². The summed E-state index contributed by atoms with van der Waals surface area (Å²) < 4.78 is 40.4. The van der Waals surface area contributed by atoms with Gasteiger partial charge in [0.25, 0.3) is 0 Å². The number of halogens is 3. The van der Waals surface area contributed by atoms with Gasteiger partial charge in [-0.2, -0.15) is 0 Å². The minimum atomic E-state index is -4.66. The Labute approximate surface area is 185 Å². The van der Waals surface area contributed by atoms with Crippen LogP contribution < -0.4 is 20.3 Å². The van der Waals surface area contributed by atoms with E-state index in [0.29, 0.717) is 12.6 Å². The molecule has 0 aromatic heterocycles. The molecule has 0 bridgehead atoms. The highest BCUT2D eigenvalue weighted by Gasteiger charge is 2.32. The molecular formula is C24H38F3N3O. The maximum absolute atomic E-state index is 12.2. The van der Waals surface area contributed by atoms with Crippen LogP contribution in [0.1, 0.15) is 47.1 Å². The molecule has 4 nitrogen and oxygen atoms in total. The number of hydrogen-bond acceptors (Lipinski definition) is 4. The first-order valence-corrected chi connectivity index (χ1v) is 11.0. The molecule has 0 radical (unpaired) electrons. The zero-order valence-corrected chi connectivity index (χ0v) is 19.8. The smallest absolute Gasteiger partial charge is 0.406 e. The number of alkyl halides is 3. The van der Waals surface area contributed by atoms with Crippen LogP contribution in [0.25, 0.3) is 0 Å². The predicted molar refractivity (Wildman–Crippen MR) is 126 cm³/mol. The third-order valence-electron chi connectivity index (χ3n) is 4.42. The number of hydrogen-bond donors (Lipinski definition) is 1. The third kappa shape index (κ3) is 9.09. The fourth-order valence-electron chi connectivity index (χ4n) is 2.85. The van der Waals surface area contributed by atoms with Gasteiger partial charge in [-0.05, 0) is 42.0 Å². The lowest BCUT2D eigenvalue weighted by atomic mass is 10.0.